The number of hydrogen-bond acceptors (Lipinski definition) is 6. The minimum Gasteiger partial charge on any atom is -0.381 e. The highest BCUT2D eigenvalue weighted by Crippen LogP contribution is 2.25. The largest absolute Gasteiger partial charge is 0.381 e. The maximum atomic E-state index is 12.4. The molecule has 0 radical (unpaired) electrons. The average molecular weight is 318 g/mol. The number of fused-ring (bicyclic) bond motifs is 1. The molecule has 0 spiro atoms. The smallest absolute Gasteiger partial charge is 0.260 e. The lowest BCUT2D eigenvalue weighted by molar-refractivity contribution is 0.526. The number of thioether (sulfide) groups is 1. The molecule has 0 aliphatic carbocycles. The zero-order valence-corrected chi connectivity index (χ0v) is 12.5. The summed E-state index contributed by atoms with van der Waals surface area (Å²) >= 11 is 3.21. The Bertz CT molecular complexity index is 685. The minimum absolute atomic E-state index is 0.00478. The van der Waals surface area contributed by atoms with Crippen molar-refractivity contribution in [3.8, 4) is 0 Å². The number of nitrogens with one attached hydrogen (secondary N) is 1. The molecule has 1 aliphatic heterocycles. The first-order valence-corrected chi connectivity index (χ1v) is 9.41. The second-order valence-corrected chi connectivity index (χ2v) is 8.09. The van der Waals surface area contributed by atoms with Gasteiger partial charge in [0.1, 0.15) is 0 Å². The van der Waals surface area contributed by atoms with Crippen LogP contribution >= 0.6 is 23.1 Å². The standard InChI is InChI=1S/C10H14N4O2S3/c11-8-9(14-3-6-18-10(14)12-8)19(15,16)13-7-1-4-17-5-2-7/h3,6-7,13H,1-2,4-5,11H2. The van der Waals surface area contributed by atoms with Gasteiger partial charge in [-0.2, -0.15) is 11.8 Å². The van der Waals surface area contributed by atoms with Crippen molar-refractivity contribution in [2.24, 2.45) is 0 Å². The summed E-state index contributed by atoms with van der Waals surface area (Å²) in [6.07, 6.45) is 3.39. The van der Waals surface area contributed by atoms with Crippen molar-refractivity contribution in [1.29, 1.82) is 0 Å². The number of hydrogen-bond donors (Lipinski definition) is 2. The third kappa shape index (κ3) is 2.47. The van der Waals surface area contributed by atoms with Gasteiger partial charge in [-0.3, -0.25) is 4.40 Å². The van der Waals surface area contributed by atoms with E-state index >= 15 is 0 Å². The van der Waals surface area contributed by atoms with Crippen molar-refractivity contribution in [3.63, 3.8) is 0 Å². The van der Waals surface area contributed by atoms with Crippen LogP contribution in [0, 0.1) is 0 Å². The fourth-order valence-corrected chi connectivity index (χ4v) is 5.54. The quantitative estimate of drug-likeness (QED) is 0.886. The summed E-state index contributed by atoms with van der Waals surface area (Å²) in [7, 11) is -3.62. The van der Waals surface area contributed by atoms with Gasteiger partial charge in [-0.05, 0) is 24.3 Å². The summed E-state index contributed by atoms with van der Waals surface area (Å²) in [5.41, 5.74) is 5.74. The molecule has 0 atom stereocenters. The second kappa shape index (κ2) is 4.97. The van der Waals surface area contributed by atoms with E-state index in [2.05, 4.69) is 9.71 Å². The van der Waals surface area contributed by atoms with E-state index in [4.69, 9.17) is 5.73 Å². The lowest BCUT2D eigenvalue weighted by Gasteiger charge is -2.22. The molecule has 0 saturated carbocycles. The monoisotopic (exact) mass is 318 g/mol. The van der Waals surface area contributed by atoms with Gasteiger partial charge in [-0.15, -0.1) is 11.3 Å². The number of nitrogen functional groups attached to an aromatic ring is 1. The topological polar surface area (TPSA) is 89.5 Å². The Morgan fingerprint density at radius 1 is 1.42 bits per heavy atom. The molecule has 1 fully saturated rings. The number of rotatable bonds is 3. The number of sulfonamides is 1. The van der Waals surface area contributed by atoms with Crippen LogP contribution in [0.5, 0.6) is 0 Å². The van der Waals surface area contributed by atoms with E-state index in [1.165, 1.54) is 15.7 Å². The first-order valence-electron chi connectivity index (χ1n) is 5.89. The maximum absolute atomic E-state index is 12.4. The van der Waals surface area contributed by atoms with Gasteiger partial charge in [0.2, 0.25) is 0 Å². The third-order valence-corrected chi connectivity index (χ3v) is 6.41. The van der Waals surface area contributed by atoms with Crippen LogP contribution in [0.25, 0.3) is 4.96 Å². The number of thiazole rings is 1. The zero-order valence-electron chi connectivity index (χ0n) is 10.1. The van der Waals surface area contributed by atoms with Crippen molar-refractivity contribution in [3.05, 3.63) is 11.6 Å². The SMILES string of the molecule is Nc1nc2sccn2c1S(=O)(=O)NC1CCSCC1. The normalized spacial score (nSPS) is 18.1. The van der Waals surface area contributed by atoms with Crippen LogP contribution in [0.3, 0.4) is 0 Å². The summed E-state index contributed by atoms with van der Waals surface area (Å²) < 4.78 is 29.2. The molecule has 0 aromatic carbocycles. The Morgan fingerprint density at radius 2 is 2.16 bits per heavy atom. The Morgan fingerprint density at radius 3 is 2.89 bits per heavy atom. The summed E-state index contributed by atoms with van der Waals surface area (Å²) in [5.74, 6) is 2.04. The Hall–Kier alpha value is -0.770. The minimum atomic E-state index is -3.62. The van der Waals surface area contributed by atoms with Crippen molar-refractivity contribution in [2.75, 3.05) is 17.2 Å². The van der Waals surface area contributed by atoms with Crippen LogP contribution in [-0.2, 0) is 10.0 Å². The molecule has 3 rings (SSSR count). The van der Waals surface area contributed by atoms with Crippen molar-refractivity contribution < 1.29 is 8.42 Å². The van der Waals surface area contributed by atoms with Gasteiger partial charge in [0, 0.05) is 17.6 Å². The van der Waals surface area contributed by atoms with Crippen molar-refractivity contribution in [1.82, 2.24) is 14.1 Å². The van der Waals surface area contributed by atoms with E-state index in [1.54, 1.807) is 11.6 Å². The highest BCUT2D eigenvalue weighted by Gasteiger charge is 2.28. The number of nitrogens with two attached hydrogens (primary N) is 1. The lowest BCUT2D eigenvalue weighted by atomic mass is 10.2. The Kier molecular flexibility index (Phi) is 3.46. The molecule has 104 valence electrons. The number of imidazole rings is 1. The van der Waals surface area contributed by atoms with Gasteiger partial charge in [-0.25, -0.2) is 18.1 Å². The van der Waals surface area contributed by atoms with Crippen molar-refractivity contribution >= 4 is 43.9 Å². The molecular formula is C10H14N4O2S3. The predicted molar refractivity (Wildman–Crippen MR) is 78.1 cm³/mol. The first-order chi connectivity index (χ1) is 9.08. The molecule has 19 heavy (non-hydrogen) atoms. The van der Waals surface area contributed by atoms with Gasteiger partial charge >= 0.3 is 0 Å². The summed E-state index contributed by atoms with van der Waals surface area (Å²) in [5, 5.41) is 1.85. The third-order valence-electron chi connectivity index (χ3n) is 3.04. The van der Waals surface area contributed by atoms with Crippen molar-refractivity contribution in [2.45, 2.75) is 23.9 Å². The van der Waals surface area contributed by atoms with E-state index in [-0.39, 0.29) is 16.9 Å². The molecule has 0 amide bonds. The average Bonchev–Trinajstić information content (AvgIpc) is 2.88. The van der Waals surface area contributed by atoms with Gasteiger partial charge in [0.15, 0.2) is 15.8 Å². The molecule has 0 unspecified atom stereocenters. The molecule has 2 aromatic heterocycles. The molecule has 1 aliphatic rings. The maximum Gasteiger partial charge on any atom is 0.260 e. The molecular weight excluding hydrogens is 304 g/mol. The summed E-state index contributed by atoms with van der Waals surface area (Å²) in [6, 6.07) is -0.00478. The molecule has 3 heterocycles. The van der Waals surface area contributed by atoms with Crippen LogP contribution in [-0.4, -0.2) is 35.4 Å². The fourth-order valence-electron chi connectivity index (χ4n) is 2.14. The summed E-state index contributed by atoms with van der Waals surface area (Å²) in [6.45, 7) is 0. The molecule has 0 bridgehead atoms. The van der Waals surface area contributed by atoms with E-state index in [0.29, 0.717) is 4.96 Å². The van der Waals surface area contributed by atoms with Gasteiger partial charge in [-0.1, -0.05) is 0 Å². The number of nitrogens with zero attached hydrogens (tertiary/aromatic N) is 2. The highest BCUT2D eigenvalue weighted by molar-refractivity contribution is 7.99. The van der Waals surface area contributed by atoms with E-state index in [1.807, 2.05) is 11.8 Å². The second-order valence-electron chi connectivity index (χ2n) is 4.37. The zero-order chi connectivity index (χ0) is 13.5. The highest BCUT2D eigenvalue weighted by atomic mass is 32.2. The first kappa shape index (κ1) is 13.2. The molecule has 2 aromatic rings. The van der Waals surface area contributed by atoms with Crippen LogP contribution in [0.2, 0.25) is 0 Å². The lowest BCUT2D eigenvalue weighted by Crippen LogP contribution is -2.38. The molecule has 1 saturated heterocycles. The van der Waals surface area contributed by atoms with E-state index < -0.39 is 10.0 Å². The van der Waals surface area contributed by atoms with Gasteiger partial charge in [0.05, 0.1) is 0 Å². The molecule has 6 nitrogen and oxygen atoms in total. The number of anilines is 1. The van der Waals surface area contributed by atoms with E-state index in [9.17, 15) is 8.42 Å². The van der Waals surface area contributed by atoms with Crippen LogP contribution in [0.1, 0.15) is 12.8 Å². The predicted octanol–water partition coefficient (Wildman–Crippen LogP) is 1.15. The molecule has 9 heteroatoms. The Labute approximate surface area is 119 Å². The van der Waals surface area contributed by atoms with Gasteiger partial charge < -0.3 is 5.73 Å². The van der Waals surface area contributed by atoms with Crippen LogP contribution in [0.4, 0.5) is 5.82 Å². The number of aromatic nitrogens is 2. The van der Waals surface area contributed by atoms with E-state index in [0.717, 1.165) is 24.3 Å². The fraction of sp³-hybridized carbons (Fsp3) is 0.500. The van der Waals surface area contributed by atoms with Crippen LogP contribution in [0.15, 0.2) is 16.6 Å². The molecule has 3 N–H and O–H groups in total. The van der Waals surface area contributed by atoms with Gasteiger partial charge in [0.25, 0.3) is 10.0 Å². The summed E-state index contributed by atoms with van der Waals surface area (Å²) in [4.78, 5) is 4.66. The van der Waals surface area contributed by atoms with Crippen LogP contribution < -0.4 is 10.5 Å². The Balaban J connectivity index is 1.94.